The molecule has 0 aromatic carbocycles. The van der Waals surface area contributed by atoms with Crippen LogP contribution >= 0.6 is 0 Å². The van der Waals surface area contributed by atoms with Gasteiger partial charge >= 0.3 is 0 Å². The van der Waals surface area contributed by atoms with Crippen LogP contribution < -0.4 is 5.32 Å². The van der Waals surface area contributed by atoms with Crippen LogP contribution in [-0.2, 0) is 9.63 Å². The Kier molecular flexibility index (Phi) is 3.49. The first-order valence-electron chi connectivity index (χ1n) is 4.25. The number of hydroxylamine groups is 2. The van der Waals surface area contributed by atoms with E-state index in [4.69, 9.17) is 4.84 Å². The molecule has 0 aliphatic carbocycles. The summed E-state index contributed by atoms with van der Waals surface area (Å²) in [5, 5.41) is 4.51. The molecular weight excluding hydrogens is 156 g/mol. The van der Waals surface area contributed by atoms with Crippen molar-refractivity contribution in [3.8, 4) is 0 Å². The first kappa shape index (κ1) is 9.48. The highest BCUT2D eigenvalue weighted by Gasteiger charge is 2.19. The average Bonchev–Trinajstić information content (AvgIpc) is 2.55. The molecule has 1 aliphatic rings. The fraction of sp³-hybridized carbons (Fsp3) is 0.875. The van der Waals surface area contributed by atoms with Gasteiger partial charge in [0, 0.05) is 13.5 Å². The van der Waals surface area contributed by atoms with Crippen LogP contribution in [0.4, 0.5) is 0 Å². The highest BCUT2D eigenvalue weighted by atomic mass is 16.7. The van der Waals surface area contributed by atoms with Gasteiger partial charge in [-0.15, -0.1) is 0 Å². The molecule has 4 nitrogen and oxygen atoms in total. The van der Waals surface area contributed by atoms with E-state index in [1.54, 1.807) is 7.05 Å². The summed E-state index contributed by atoms with van der Waals surface area (Å²) in [5.74, 6) is 0.557. The number of hydrogen-bond donors (Lipinski definition) is 1. The van der Waals surface area contributed by atoms with Gasteiger partial charge in [0.15, 0.2) is 0 Å². The summed E-state index contributed by atoms with van der Waals surface area (Å²) in [4.78, 5) is 16.1. The highest BCUT2D eigenvalue weighted by Crippen LogP contribution is 2.12. The van der Waals surface area contributed by atoms with Crippen LogP contribution in [0.25, 0.3) is 0 Å². The van der Waals surface area contributed by atoms with Crippen LogP contribution in [0.3, 0.4) is 0 Å². The van der Waals surface area contributed by atoms with Crippen molar-refractivity contribution in [1.82, 2.24) is 10.4 Å². The van der Waals surface area contributed by atoms with Crippen LogP contribution in [0.2, 0.25) is 0 Å². The molecule has 1 rings (SSSR count). The summed E-state index contributed by atoms with van der Waals surface area (Å²) >= 11 is 0. The average molecular weight is 172 g/mol. The maximum atomic E-state index is 11.3. The summed E-state index contributed by atoms with van der Waals surface area (Å²) in [6, 6.07) is 0. The Labute approximate surface area is 72.8 Å². The molecule has 0 spiro atoms. The van der Waals surface area contributed by atoms with Crippen LogP contribution in [0, 0.1) is 5.92 Å². The van der Waals surface area contributed by atoms with Gasteiger partial charge in [-0.25, -0.2) is 5.06 Å². The Hall–Kier alpha value is -0.610. The zero-order valence-corrected chi connectivity index (χ0v) is 7.67. The Morgan fingerprint density at radius 3 is 3.00 bits per heavy atom. The summed E-state index contributed by atoms with van der Waals surface area (Å²) in [7, 11) is 3.15. The van der Waals surface area contributed by atoms with Crippen molar-refractivity contribution in [2.24, 2.45) is 5.92 Å². The standard InChI is InChI=1S/C8H16N2O2/c1-10(12-2)8(11)5-7-3-4-9-6-7/h7,9H,3-6H2,1-2H3. The number of amides is 1. The van der Waals surface area contributed by atoms with Crippen molar-refractivity contribution < 1.29 is 9.63 Å². The Morgan fingerprint density at radius 2 is 2.50 bits per heavy atom. The van der Waals surface area contributed by atoms with E-state index in [1.807, 2.05) is 0 Å². The van der Waals surface area contributed by atoms with E-state index in [0.717, 1.165) is 19.5 Å². The van der Waals surface area contributed by atoms with E-state index < -0.39 is 0 Å². The number of hydrogen-bond acceptors (Lipinski definition) is 3. The SMILES string of the molecule is CON(C)C(=O)CC1CCNC1. The van der Waals surface area contributed by atoms with Gasteiger partial charge in [-0.05, 0) is 25.4 Å². The van der Waals surface area contributed by atoms with E-state index in [0.29, 0.717) is 12.3 Å². The molecule has 1 aliphatic heterocycles. The van der Waals surface area contributed by atoms with E-state index >= 15 is 0 Å². The fourth-order valence-corrected chi connectivity index (χ4v) is 1.37. The first-order valence-corrected chi connectivity index (χ1v) is 4.25. The predicted octanol–water partition coefficient (Wildman–Crippen LogP) is 0.00580. The molecule has 0 saturated carbocycles. The zero-order valence-electron chi connectivity index (χ0n) is 7.67. The summed E-state index contributed by atoms with van der Waals surface area (Å²) in [6.07, 6.45) is 1.70. The van der Waals surface area contributed by atoms with Crippen LogP contribution in [-0.4, -0.2) is 38.2 Å². The Balaban J connectivity index is 2.25. The number of nitrogens with one attached hydrogen (secondary N) is 1. The molecule has 1 N–H and O–H groups in total. The zero-order chi connectivity index (χ0) is 8.97. The molecule has 1 fully saturated rings. The first-order chi connectivity index (χ1) is 5.74. The largest absolute Gasteiger partial charge is 0.316 e. The maximum absolute atomic E-state index is 11.3. The molecule has 1 heterocycles. The quantitative estimate of drug-likeness (QED) is 0.609. The molecule has 4 heteroatoms. The van der Waals surface area contributed by atoms with Crippen molar-refractivity contribution in [3.05, 3.63) is 0 Å². The lowest BCUT2D eigenvalue weighted by atomic mass is 10.1. The van der Waals surface area contributed by atoms with Gasteiger partial charge in [-0.3, -0.25) is 9.63 Å². The van der Waals surface area contributed by atoms with Crippen molar-refractivity contribution in [2.45, 2.75) is 12.8 Å². The minimum absolute atomic E-state index is 0.0613. The molecule has 12 heavy (non-hydrogen) atoms. The van der Waals surface area contributed by atoms with Crippen LogP contribution in [0.5, 0.6) is 0 Å². The van der Waals surface area contributed by atoms with Gasteiger partial charge in [0.2, 0.25) is 5.91 Å². The molecule has 1 amide bonds. The van der Waals surface area contributed by atoms with E-state index in [2.05, 4.69) is 5.32 Å². The van der Waals surface area contributed by atoms with E-state index in [9.17, 15) is 4.79 Å². The van der Waals surface area contributed by atoms with Gasteiger partial charge in [0.1, 0.15) is 0 Å². The fourth-order valence-electron chi connectivity index (χ4n) is 1.37. The smallest absolute Gasteiger partial charge is 0.246 e. The van der Waals surface area contributed by atoms with E-state index in [-0.39, 0.29) is 5.91 Å². The molecule has 1 saturated heterocycles. The van der Waals surface area contributed by atoms with Crippen LogP contribution in [0.1, 0.15) is 12.8 Å². The number of carbonyl (C=O) groups excluding carboxylic acids is 1. The molecule has 0 bridgehead atoms. The van der Waals surface area contributed by atoms with E-state index in [1.165, 1.54) is 12.2 Å². The summed E-state index contributed by atoms with van der Waals surface area (Å²) < 4.78 is 0. The molecule has 1 unspecified atom stereocenters. The molecule has 1 atom stereocenters. The predicted molar refractivity (Wildman–Crippen MR) is 45.4 cm³/mol. The molecule has 0 aromatic rings. The number of carbonyl (C=O) groups is 1. The summed E-state index contributed by atoms with van der Waals surface area (Å²) in [5.41, 5.74) is 0. The third kappa shape index (κ3) is 2.46. The monoisotopic (exact) mass is 172 g/mol. The van der Waals surface area contributed by atoms with Gasteiger partial charge in [-0.1, -0.05) is 0 Å². The van der Waals surface area contributed by atoms with Crippen molar-refractivity contribution in [2.75, 3.05) is 27.2 Å². The third-order valence-corrected chi connectivity index (χ3v) is 2.25. The second-order valence-electron chi connectivity index (χ2n) is 3.14. The summed E-state index contributed by atoms with van der Waals surface area (Å²) in [6.45, 7) is 2.00. The van der Waals surface area contributed by atoms with Crippen molar-refractivity contribution >= 4 is 5.91 Å². The molecule has 70 valence electrons. The molecule has 0 aromatic heterocycles. The molecular formula is C8H16N2O2. The Morgan fingerprint density at radius 1 is 1.75 bits per heavy atom. The Bertz CT molecular complexity index is 155. The minimum Gasteiger partial charge on any atom is -0.316 e. The normalized spacial score (nSPS) is 22.7. The number of nitrogens with zero attached hydrogens (tertiary/aromatic N) is 1. The van der Waals surface area contributed by atoms with Gasteiger partial charge in [0.25, 0.3) is 0 Å². The van der Waals surface area contributed by atoms with Gasteiger partial charge in [-0.2, -0.15) is 0 Å². The van der Waals surface area contributed by atoms with Crippen molar-refractivity contribution in [1.29, 1.82) is 0 Å². The van der Waals surface area contributed by atoms with Gasteiger partial charge in [0.05, 0.1) is 7.11 Å². The second-order valence-corrected chi connectivity index (χ2v) is 3.14. The lowest BCUT2D eigenvalue weighted by molar-refractivity contribution is -0.169. The maximum Gasteiger partial charge on any atom is 0.246 e. The molecule has 0 radical (unpaired) electrons. The second kappa shape index (κ2) is 4.42. The van der Waals surface area contributed by atoms with Crippen LogP contribution in [0.15, 0.2) is 0 Å². The third-order valence-electron chi connectivity index (χ3n) is 2.25. The highest BCUT2D eigenvalue weighted by molar-refractivity contribution is 5.75. The van der Waals surface area contributed by atoms with Gasteiger partial charge < -0.3 is 5.32 Å². The topological polar surface area (TPSA) is 41.6 Å². The lowest BCUT2D eigenvalue weighted by Gasteiger charge is -2.15. The minimum atomic E-state index is 0.0613. The number of rotatable bonds is 3. The van der Waals surface area contributed by atoms with Crippen molar-refractivity contribution in [3.63, 3.8) is 0 Å². The lowest BCUT2D eigenvalue weighted by Crippen LogP contribution is -2.27.